The molecule has 0 aromatic rings. The van der Waals surface area contributed by atoms with Crippen LogP contribution in [0.2, 0.25) is 0 Å². The maximum absolute atomic E-state index is 12.2. The van der Waals surface area contributed by atoms with Gasteiger partial charge in [0.2, 0.25) is 0 Å². The summed E-state index contributed by atoms with van der Waals surface area (Å²) in [5, 5.41) is 5.75. The maximum Gasteiger partial charge on any atom is 0.295 e. The number of rotatable bonds is 3. The van der Waals surface area contributed by atoms with Crippen molar-refractivity contribution < 1.29 is 9.59 Å². The lowest BCUT2D eigenvalue weighted by Crippen LogP contribution is -2.64. The molecule has 8 aliphatic rings. The minimum Gasteiger partial charge on any atom is -0.346 e. The average molecular weight is 461 g/mol. The van der Waals surface area contributed by atoms with Gasteiger partial charge in [-0.15, -0.1) is 0 Å². The summed E-state index contributed by atoms with van der Waals surface area (Å²) >= 11 is 0. The largest absolute Gasteiger partial charge is 0.346 e. The molecule has 2 amide bonds. The van der Waals surface area contributed by atoms with Gasteiger partial charge in [-0.3, -0.25) is 9.59 Å². The van der Waals surface area contributed by atoms with Gasteiger partial charge in [0.05, 0.1) is 0 Å². The molecule has 0 aliphatic heterocycles. The van der Waals surface area contributed by atoms with E-state index in [4.69, 9.17) is 0 Å². The molecule has 0 aromatic heterocycles. The molecule has 4 heteroatoms. The molecule has 182 valence electrons. The van der Waals surface area contributed by atoms with E-state index in [0.717, 1.165) is 23.7 Å². The van der Waals surface area contributed by atoms with Crippen molar-refractivity contribution >= 4 is 11.8 Å². The molecule has 4 unspecified atom stereocenters. The van der Waals surface area contributed by atoms with Crippen molar-refractivity contribution in [3.05, 3.63) is 0 Å². The van der Waals surface area contributed by atoms with E-state index < -0.39 is 0 Å². The number of amides is 2. The molecular weight excluding hydrogens is 420 g/mol. The highest BCUT2D eigenvalue weighted by Gasteiger charge is 2.69. The Kier molecular flexibility index (Phi) is 5.15. The Morgan fingerprint density at radius 1 is 0.647 bits per heavy atom. The number of nitrogens with one attached hydrogen (secondary N) is 2. The lowest BCUT2D eigenvalue weighted by atomic mass is 9.31. The van der Waals surface area contributed by atoms with E-state index in [1.165, 1.54) is 77.0 Å². The van der Waals surface area contributed by atoms with Crippen LogP contribution in [0.1, 0.15) is 90.9 Å². The third kappa shape index (κ3) is 3.51. The van der Waals surface area contributed by atoms with Gasteiger partial charge in [0, 0.05) is 23.9 Å². The summed E-state index contributed by atoms with van der Waals surface area (Å²) in [4.78, 5) is 24.4. The molecule has 2 N–H and O–H groups in total. The molecule has 0 saturated heterocycles. The van der Waals surface area contributed by atoms with Gasteiger partial charge in [0.25, 0.3) is 11.8 Å². The third-order valence-electron chi connectivity index (χ3n) is 10.8. The molecule has 4 nitrogen and oxygen atoms in total. The van der Waals surface area contributed by atoms with Crippen molar-refractivity contribution in [2.45, 2.75) is 90.9 Å². The Balaban J connectivity index is 1.34. The number of hydrogen-bond donors (Lipinski definition) is 2. The highest BCUT2D eigenvalue weighted by Crippen LogP contribution is 2.78. The molecule has 8 bridgehead atoms. The molecule has 8 saturated carbocycles. The molecule has 0 heterocycles. The van der Waals surface area contributed by atoms with Crippen molar-refractivity contribution in [1.82, 2.24) is 10.6 Å². The zero-order chi connectivity index (χ0) is 23.6. The number of carbonyl (C=O) groups excluding carboxylic acids is 2. The van der Waals surface area contributed by atoms with E-state index in [1.54, 1.807) is 0 Å². The van der Waals surface area contributed by atoms with Crippen LogP contribution < -0.4 is 10.6 Å². The average Bonchev–Trinajstić information content (AvgIpc) is 2.75. The molecule has 8 aliphatic carbocycles. The Labute approximate surface area is 205 Å². The molecule has 0 aromatic carbocycles. The summed E-state index contributed by atoms with van der Waals surface area (Å²) in [7, 11) is 0. The van der Waals surface area contributed by atoms with Gasteiger partial charge in [0.15, 0.2) is 0 Å². The summed E-state index contributed by atoms with van der Waals surface area (Å²) in [6.07, 6.45) is 15.4. The summed E-state index contributed by atoms with van der Waals surface area (Å²) in [6, 6.07) is 0. The van der Waals surface area contributed by atoms with E-state index in [1.807, 2.05) is 13.8 Å². The molecule has 0 radical (unpaired) electrons. The second-order valence-electron chi connectivity index (χ2n) is 13.3. The fourth-order valence-electron chi connectivity index (χ4n) is 10.8. The Bertz CT molecular complexity index is 910. The molecular formula is C30H40N2O2. The Morgan fingerprint density at radius 2 is 1.00 bits per heavy atom. The lowest BCUT2D eigenvalue weighted by molar-refractivity contribution is -0.220. The fraction of sp³-hybridized carbons (Fsp3) is 0.800. The quantitative estimate of drug-likeness (QED) is 0.612. The summed E-state index contributed by atoms with van der Waals surface area (Å²) in [5.41, 5.74) is 0.809. The van der Waals surface area contributed by atoms with Crippen LogP contribution in [0.25, 0.3) is 0 Å². The van der Waals surface area contributed by atoms with Gasteiger partial charge in [0.1, 0.15) is 0 Å². The van der Waals surface area contributed by atoms with Crippen molar-refractivity contribution in [3.8, 4) is 23.7 Å². The van der Waals surface area contributed by atoms with Gasteiger partial charge >= 0.3 is 0 Å². The van der Waals surface area contributed by atoms with E-state index in [9.17, 15) is 9.59 Å². The Hall–Kier alpha value is -1.94. The van der Waals surface area contributed by atoms with Gasteiger partial charge in [-0.05, 0) is 137 Å². The first kappa shape index (κ1) is 22.5. The highest BCUT2D eigenvalue weighted by atomic mass is 16.2. The SMILES string of the molecule is CCNC(=O)C#CC12CC3CC(C1)CC(C14CC5CC(CC(C#CC(=O)NCC)(C5)C1)C4)(C3)C2. The standard InChI is InChI=1S/C30H40N2O2/c1-3-31-25(33)5-7-27-11-21-9-22(12-27)16-29(15-21,19-27)30-17-23-10-24(18-30)14-28(13-23,20-30)8-6-26(34)32-4-2/h21-24H,3-4,9-20H2,1-2H3,(H,31,33)(H,32,34). The van der Waals surface area contributed by atoms with Crippen LogP contribution in [-0.4, -0.2) is 24.9 Å². The van der Waals surface area contributed by atoms with Crippen molar-refractivity contribution in [1.29, 1.82) is 0 Å². The smallest absolute Gasteiger partial charge is 0.295 e. The second-order valence-corrected chi connectivity index (χ2v) is 13.3. The van der Waals surface area contributed by atoms with Crippen LogP contribution in [0, 0.1) is 69.0 Å². The zero-order valence-electron chi connectivity index (χ0n) is 21.0. The lowest BCUT2D eigenvalue weighted by Gasteiger charge is -2.73. The van der Waals surface area contributed by atoms with Crippen molar-refractivity contribution in [3.63, 3.8) is 0 Å². The molecule has 4 atom stereocenters. The monoisotopic (exact) mass is 460 g/mol. The molecule has 0 spiro atoms. The van der Waals surface area contributed by atoms with Gasteiger partial charge in [-0.1, -0.05) is 11.8 Å². The van der Waals surface area contributed by atoms with Gasteiger partial charge in [-0.2, -0.15) is 0 Å². The first-order valence-corrected chi connectivity index (χ1v) is 13.9. The minimum absolute atomic E-state index is 0.0400. The van der Waals surface area contributed by atoms with E-state index >= 15 is 0 Å². The van der Waals surface area contributed by atoms with Crippen LogP contribution in [0.4, 0.5) is 0 Å². The predicted molar refractivity (Wildman–Crippen MR) is 132 cm³/mol. The second kappa shape index (κ2) is 7.78. The first-order chi connectivity index (χ1) is 16.3. The topological polar surface area (TPSA) is 58.2 Å². The van der Waals surface area contributed by atoms with E-state index in [2.05, 4.69) is 34.3 Å². The summed E-state index contributed by atoms with van der Waals surface area (Å²) in [6.45, 7) is 5.19. The van der Waals surface area contributed by atoms with Crippen LogP contribution in [0.5, 0.6) is 0 Å². The van der Waals surface area contributed by atoms with Gasteiger partial charge < -0.3 is 10.6 Å². The van der Waals surface area contributed by atoms with Gasteiger partial charge in [-0.25, -0.2) is 0 Å². The normalized spacial score (nSPS) is 46.8. The minimum atomic E-state index is -0.110. The fourth-order valence-corrected chi connectivity index (χ4v) is 10.8. The number of carbonyl (C=O) groups is 2. The molecule has 34 heavy (non-hydrogen) atoms. The maximum atomic E-state index is 12.2. The Morgan fingerprint density at radius 3 is 1.32 bits per heavy atom. The summed E-state index contributed by atoms with van der Waals surface area (Å²) < 4.78 is 0. The third-order valence-corrected chi connectivity index (χ3v) is 10.8. The van der Waals surface area contributed by atoms with Crippen LogP contribution in [0.15, 0.2) is 0 Å². The first-order valence-electron chi connectivity index (χ1n) is 13.9. The van der Waals surface area contributed by atoms with Crippen LogP contribution in [-0.2, 0) is 9.59 Å². The zero-order valence-corrected chi connectivity index (χ0v) is 21.0. The van der Waals surface area contributed by atoms with Crippen molar-refractivity contribution in [2.75, 3.05) is 13.1 Å². The summed E-state index contributed by atoms with van der Waals surface area (Å²) in [5.74, 6) is 16.1. The molecule has 8 fully saturated rings. The number of hydrogen-bond acceptors (Lipinski definition) is 2. The van der Waals surface area contributed by atoms with E-state index in [0.29, 0.717) is 23.9 Å². The predicted octanol–water partition coefficient (Wildman–Crippen LogP) is 4.44. The van der Waals surface area contributed by atoms with Crippen LogP contribution in [0.3, 0.4) is 0 Å². The van der Waals surface area contributed by atoms with Crippen LogP contribution >= 0.6 is 0 Å². The van der Waals surface area contributed by atoms with E-state index in [-0.39, 0.29) is 22.6 Å². The van der Waals surface area contributed by atoms with Crippen molar-refractivity contribution in [2.24, 2.45) is 45.3 Å². The highest BCUT2D eigenvalue weighted by molar-refractivity contribution is 5.94. The molecule has 8 rings (SSSR count).